The minimum absolute atomic E-state index is 0.0696. The molecule has 1 aromatic carbocycles. The van der Waals surface area contributed by atoms with Crippen LogP contribution in [0.5, 0.6) is 0 Å². The Kier molecular flexibility index (Phi) is 5.60. The largest absolute Gasteiger partial charge is 0.339 e. The minimum Gasteiger partial charge on any atom is -0.339 e. The average molecular weight is 473 g/mol. The molecule has 168 valence electrons. The van der Waals surface area contributed by atoms with Gasteiger partial charge in [0, 0.05) is 48.6 Å². The van der Waals surface area contributed by atoms with Crippen LogP contribution in [0.15, 0.2) is 44.4 Å². The van der Waals surface area contributed by atoms with Crippen molar-refractivity contribution in [2.24, 2.45) is 0 Å². The quantitative estimate of drug-likeness (QED) is 0.564. The van der Waals surface area contributed by atoms with E-state index in [-0.39, 0.29) is 23.2 Å². The third kappa shape index (κ3) is 3.98. The van der Waals surface area contributed by atoms with Crippen molar-refractivity contribution >= 4 is 27.3 Å². The van der Waals surface area contributed by atoms with Crippen molar-refractivity contribution in [3.63, 3.8) is 0 Å². The fraction of sp³-hybridized carbons (Fsp3) is 0.409. The number of carbonyl (C=O) groups is 1. The molecule has 2 fully saturated rings. The molecule has 1 amide bonds. The van der Waals surface area contributed by atoms with Crippen LogP contribution in [-0.2, 0) is 10.0 Å². The van der Waals surface area contributed by atoms with Crippen LogP contribution in [0, 0.1) is 6.92 Å². The molecule has 3 aromatic rings. The maximum absolute atomic E-state index is 13.2. The highest BCUT2D eigenvalue weighted by Crippen LogP contribution is 2.37. The molecule has 0 bridgehead atoms. The third-order valence-corrected chi connectivity index (χ3v) is 9.46. The summed E-state index contributed by atoms with van der Waals surface area (Å²) >= 11 is 1.16. The number of nitrogens with zero attached hydrogens (tertiary/aromatic N) is 4. The van der Waals surface area contributed by atoms with E-state index in [1.54, 1.807) is 16.3 Å². The molecule has 8 nitrogen and oxygen atoms in total. The van der Waals surface area contributed by atoms with Gasteiger partial charge in [0.1, 0.15) is 4.21 Å². The number of sulfonamides is 1. The van der Waals surface area contributed by atoms with Gasteiger partial charge in [0.05, 0.1) is 0 Å². The van der Waals surface area contributed by atoms with Crippen molar-refractivity contribution in [3.8, 4) is 11.4 Å². The molecule has 0 spiro atoms. The molecule has 1 saturated carbocycles. The lowest BCUT2D eigenvalue weighted by molar-refractivity contribution is 0.0698. The molecular formula is C22H24N4O4S2. The van der Waals surface area contributed by atoms with Gasteiger partial charge in [-0.2, -0.15) is 9.29 Å². The highest BCUT2D eigenvalue weighted by Gasteiger charge is 2.32. The zero-order valence-electron chi connectivity index (χ0n) is 17.7. The summed E-state index contributed by atoms with van der Waals surface area (Å²) in [6.45, 7) is 3.22. The minimum atomic E-state index is -3.64. The van der Waals surface area contributed by atoms with E-state index in [2.05, 4.69) is 10.1 Å². The number of thiophene rings is 1. The summed E-state index contributed by atoms with van der Waals surface area (Å²) in [6.07, 6.45) is 3.29. The molecule has 0 N–H and O–H groups in total. The number of rotatable bonds is 5. The van der Waals surface area contributed by atoms with E-state index in [9.17, 15) is 13.2 Å². The van der Waals surface area contributed by atoms with Crippen LogP contribution >= 0.6 is 11.3 Å². The van der Waals surface area contributed by atoms with Gasteiger partial charge < -0.3 is 9.42 Å². The maximum Gasteiger partial charge on any atom is 0.253 e. The van der Waals surface area contributed by atoms with Gasteiger partial charge in [-0.1, -0.05) is 29.3 Å². The third-order valence-electron chi connectivity index (χ3n) is 6.15. The smallest absolute Gasteiger partial charge is 0.253 e. The Hall–Kier alpha value is -2.56. The van der Waals surface area contributed by atoms with Crippen molar-refractivity contribution in [2.45, 2.75) is 36.3 Å². The van der Waals surface area contributed by atoms with E-state index in [0.29, 0.717) is 41.8 Å². The van der Waals surface area contributed by atoms with Gasteiger partial charge in [0.15, 0.2) is 0 Å². The molecule has 1 aliphatic carbocycles. The number of carbonyl (C=O) groups excluding carboxylic acids is 1. The van der Waals surface area contributed by atoms with Gasteiger partial charge in [-0.15, -0.1) is 11.3 Å². The number of aromatic nitrogens is 2. The topological polar surface area (TPSA) is 96.6 Å². The summed E-state index contributed by atoms with van der Waals surface area (Å²) in [5.74, 6) is 1.33. The first kappa shape index (κ1) is 21.3. The lowest BCUT2D eigenvalue weighted by atomic mass is 9.85. The van der Waals surface area contributed by atoms with Gasteiger partial charge >= 0.3 is 0 Å². The van der Waals surface area contributed by atoms with Crippen LogP contribution in [0.2, 0.25) is 0 Å². The molecule has 3 heterocycles. The molecule has 32 heavy (non-hydrogen) atoms. The van der Waals surface area contributed by atoms with E-state index in [1.165, 1.54) is 10.7 Å². The van der Waals surface area contributed by atoms with Gasteiger partial charge in [-0.3, -0.25) is 4.79 Å². The predicted molar refractivity (Wildman–Crippen MR) is 120 cm³/mol. The van der Waals surface area contributed by atoms with Crippen LogP contribution in [0.4, 0.5) is 0 Å². The first-order valence-corrected chi connectivity index (χ1v) is 13.0. The van der Waals surface area contributed by atoms with Crippen molar-refractivity contribution in [1.29, 1.82) is 0 Å². The number of hydrogen-bond acceptors (Lipinski definition) is 7. The van der Waals surface area contributed by atoms with Crippen molar-refractivity contribution < 1.29 is 17.7 Å². The Morgan fingerprint density at radius 3 is 2.50 bits per heavy atom. The maximum atomic E-state index is 13.2. The highest BCUT2D eigenvalue weighted by molar-refractivity contribution is 7.91. The lowest BCUT2D eigenvalue weighted by Gasteiger charge is -2.33. The molecule has 5 rings (SSSR count). The first-order valence-electron chi connectivity index (χ1n) is 10.7. The summed E-state index contributed by atoms with van der Waals surface area (Å²) in [5.41, 5.74) is 2.36. The Balaban J connectivity index is 1.25. The number of benzene rings is 1. The van der Waals surface area contributed by atoms with Crippen molar-refractivity contribution in [2.75, 3.05) is 26.2 Å². The van der Waals surface area contributed by atoms with Crippen LogP contribution < -0.4 is 0 Å². The Morgan fingerprint density at radius 2 is 1.84 bits per heavy atom. The molecular weight excluding hydrogens is 448 g/mol. The summed E-state index contributed by atoms with van der Waals surface area (Å²) in [6, 6.07) is 9.03. The molecule has 1 saturated heterocycles. The summed E-state index contributed by atoms with van der Waals surface area (Å²) in [7, 11) is -3.64. The number of amides is 1. The van der Waals surface area contributed by atoms with Crippen molar-refractivity contribution in [1.82, 2.24) is 19.3 Å². The second-order valence-electron chi connectivity index (χ2n) is 8.30. The summed E-state index contributed by atoms with van der Waals surface area (Å²) in [4.78, 5) is 18.9. The average Bonchev–Trinajstić information content (AvgIpc) is 3.43. The molecule has 0 atom stereocenters. The number of hydrogen-bond donors (Lipinski definition) is 0. The number of piperazine rings is 1. The Morgan fingerprint density at radius 1 is 1.12 bits per heavy atom. The highest BCUT2D eigenvalue weighted by atomic mass is 32.2. The lowest BCUT2D eigenvalue weighted by Crippen LogP contribution is -2.50. The van der Waals surface area contributed by atoms with Gasteiger partial charge in [0.25, 0.3) is 15.9 Å². The molecule has 0 unspecified atom stereocenters. The Bertz CT molecular complexity index is 1220. The number of aryl methyl sites for hydroxylation is 1. The van der Waals surface area contributed by atoms with E-state index in [1.807, 2.05) is 31.2 Å². The molecule has 2 aliphatic rings. The molecule has 10 heteroatoms. The first-order chi connectivity index (χ1) is 15.4. The van der Waals surface area contributed by atoms with E-state index < -0.39 is 10.0 Å². The van der Waals surface area contributed by atoms with Gasteiger partial charge in [-0.05, 0) is 38.0 Å². The molecule has 1 aliphatic heterocycles. The van der Waals surface area contributed by atoms with Gasteiger partial charge in [0.2, 0.25) is 11.7 Å². The molecule has 0 radical (unpaired) electrons. The second-order valence-corrected chi connectivity index (χ2v) is 11.4. The Labute approximate surface area is 190 Å². The predicted octanol–water partition coefficient (Wildman–Crippen LogP) is 3.52. The molecule has 2 aromatic heterocycles. The van der Waals surface area contributed by atoms with Crippen LogP contribution in [0.25, 0.3) is 11.4 Å². The fourth-order valence-electron chi connectivity index (χ4n) is 3.88. The van der Waals surface area contributed by atoms with Crippen molar-refractivity contribution in [3.05, 3.63) is 52.7 Å². The second kappa shape index (κ2) is 8.42. The monoisotopic (exact) mass is 472 g/mol. The standard InChI is InChI=1S/C22H24N4O4S2/c1-15-5-7-17(8-6-15)22(27)25-9-11-26(12-10-25)32(28,29)19-13-18(14-31-19)20-23-21(30-24-20)16-3-2-4-16/h5-8,13-14,16H,2-4,9-12H2,1H3. The fourth-order valence-corrected chi connectivity index (χ4v) is 6.61. The SMILES string of the molecule is Cc1ccc(C(=O)N2CCN(S(=O)(=O)c3cc(-c4noc(C5CCC5)n4)cs3)CC2)cc1. The van der Waals surface area contributed by atoms with Crippen LogP contribution in [-0.4, -0.2) is 59.8 Å². The summed E-state index contributed by atoms with van der Waals surface area (Å²) < 4.78 is 33.4. The van der Waals surface area contributed by atoms with E-state index in [0.717, 1.165) is 29.7 Å². The van der Waals surface area contributed by atoms with Crippen LogP contribution in [0.3, 0.4) is 0 Å². The van der Waals surface area contributed by atoms with Crippen LogP contribution in [0.1, 0.15) is 47.0 Å². The summed E-state index contributed by atoms with van der Waals surface area (Å²) in [5, 5.41) is 5.78. The van der Waals surface area contributed by atoms with Gasteiger partial charge in [-0.25, -0.2) is 8.42 Å². The van der Waals surface area contributed by atoms with E-state index >= 15 is 0 Å². The zero-order valence-corrected chi connectivity index (χ0v) is 19.4. The van der Waals surface area contributed by atoms with E-state index in [4.69, 9.17) is 4.52 Å². The zero-order chi connectivity index (χ0) is 22.3. The normalized spacial score (nSPS) is 18.0.